The molecule has 1 amide bonds. The third-order valence-electron chi connectivity index (χ3n) is 5.96. The summed E-state index contributed by atoms with van der Waals surface area (Å²) < 4.78 is 16.2. The number of benzene rings is 2. The van der Waals surface area contributed by atoms with Gasteiger partial charge < -0.3 is 18.9 Å². The predicted octanol–water partition coefficient (Wildman–Crippen LogP) is 3.62. The molecule has 0 N–H and O–H groups in total. The van der Waals surface area contributed by atoms with Crippen LogP contribution in [0.3, 0.4) is 0 Å². The van der Waals surface area contributed by atoms with Crippen LogP contribution in [0.1, 0.15) is 24.3 Å². The van der Waals surface area contributed by atoms with Crippen molar-refractivity contribution in [3.63, 3.8) is 0 Å². The first kappa shape index (κ1) is 22.8. The Morgan fingerprint density at radius 3 is 2.70 bits per heavy atom. The van der Waals surface area contributed by atoms with Crippen LogP contribution in [0.25, 0.3) is 11.4 Å². The van der Waals surface area contributed by atoms with E-state index in [0.717, 1.165) is 30.5 Å². The van der Waals surface area contributed by atoms with E-state index in [1.54, 1.807) is 14.2 Å². The van der Waals surface area contributed by atoms with Crippen LogP contribution in [0.2, 0.25) is 0 Å². The van der Waals surface area contributed by atoms with Gasteiger partial charge in [0.2, 0.25) is 17.6 Å². The van der Waals surface area contributed by atoms with E-state index in [1.807, 2.05) is 60.5 Å². The highest BCUT2D eigenvalue weighted by molar-refractivity contribution is 5.79. The van der Waals surface area contributed by atoms with E-state index in [2.05, 4.69) is 15.0 Å². The van der Waals surface area contributed by atoms with Gasteiger partial charge in [-0.15, -0.1) is 0 Å². The molecule has 2 heterocycles. The Labute approximate surface area is 194 Å². The molecule has 1 fully saturated rings. The van der Waals surface area contributed by atoms with Gasteiger partial charge in [-0.05, 0) is 43.1 Å². The number of hydrogen-bond acceptors (Lipinski definition) is 7. The molecular formula is C25H30N4O4. The maximum Gasteiger partial charge on any atom is 0.241 e. The van der Waals surface area contributed by atoms with Crippen LogP contribution in [-0.4, -0.2) is 60.2 Å². The second kappa shape index (κ2) is 10.5. The first-order valence-electron chi connectivity index (χ1n) is 11.1. The Morgan fingerprint density at radius 1 is 1.15 bits per heavy atom. The number of hydrogen-bond donors (Lipinski definition) is 0. The molecule has 1 aliphatic heterocycles. The van der Waals surface area contributed by atoms with Crippen molar-refractivity contribution in [3.05, 3.63) is 60.0 Å². The highest BCUT2D eigenvalue weighted by atomic mass is 16.5. The molecule has 174 valence electrons. The van der Waals surface area contributed by atoms with Crippen molar-refractivity contribution < 1.29 is 18.8 Å². The average molecular weight is 451 g/mol. The quantitative estimate of drug-likeness (QED) is 0.518. The van der Waals surface area contributed by atoms with Gasteiger partial charge in [0.1, 0.15) is 0 Å². The lowest BCUT2D eigenvalue weighted by molar-refractivity contribution is -0.136. The Bertz CT molecular complexity index is 1070. The molecule has 3 aromatic rings. The van der Waals surface area contributed by atoms with Gasteiger partial charge >= 0.3 is 0 Å². The average Bonchev–Trinajstić information content (AvgIpc) is 3.32. The minimum absolute atomic E-state index is 0.0271. The van der Waals surface area contributed by atoms with Gasteiger partial charge in [0, 0.05) is 25.7 Å². The van der Waals surface area contributed by atoms with E-state index >= 15 is 0 Å². The van der Waals surface area contributed by atoms with Crippen molar-refractivity contribution in [2.75, 3.05) is 34.4 Å². The minimum Gasteiger partial charge on any atom is -0.493 e. The molecule has 33 heavy (non-hydrogen) atoms. The highest BCUT2D eigenvalue weighted by Gasteiger charge is 2.29. The Kier molecular flexibility index (Phi) is 7.24. The zero-order chi connectivity index (χ0) is 23.2. The SMILES string of the molecule is COc1ccc(-c2noc(CN3CCCC(C(=O)N(C)Cc4ccccc4)C3)n2)cc1OC. The van der Waals surface area contributed by atoms with Crippen LogP contribution in [0.4, 0.5) is 0 Å². The van der Waals surface area contributed by atoms with Crippen LogP contribution < -0.4 is 9.47 Å². The molecule has 4 rings (SSSR count). The topological polar surface area (TPSA) is 80.9 Å². The minimum atomic E-state index is -0.0271. The predicted molar refractivity (Wildman–Crippen MR) is 124 cm³/mol. The van der Waals surface area contributed by atoms with E-state index in [-0.39, 0.29) is 11.8 Å². The zero-order valence-electron chi connectivity index (χ0n) is 19.4. The van der Waals surface area contributed by atoms with Gasteiger partial charge in [0.15, 0.2) is 11.5 Å². The third kappa shape index (κ3) is 5.51. The number of methoxy groups -OCH3 is 2. The van der Waals surface area contributed by atoms with Crippen LogP contribution in [0, 0.1) is 5.92 Å². The summed E-state index contributed by atoms with van der Waals surface area (Å²) in [5.74, 6) is 2.44. The van der Waals surface area contributed by atoms with Crippen molar-refractivity contribution in [2.24, 2.45) is 5.92 Å². The van der Waals surface area contributed by atoms with Crippen molar-refractivity contribution in [1.29, 1.82) is 0 Å². The second-order valence-corrected chi connectivity index (χ2v) is 8.34. The van der Waals surface area contributed by atoms with E-state index in [4.69, 9.17) is 14.0 Å². The Balaban J connectivity index is 1.37. The van der Waals surface area contributed by atoms with E-state index < -0.39 is 0 Å². The van der Waals surface area contributed by atoms with Gasteiger partial charge in [-0.2, -0.15) is 4.98 Å². The lowest BCUT2D eigenvalue weighted by Gasteiger charge is -2.33. The number of nitrogens with zero attached hydrogens (tertiary/aromatic N) is 4. The van der Waals surface area contributed by atoms with E-state index in [0.29, 0.717) is 42.8 Å². The molecule has 8 nitrogen and oxygen atoms in total. The van der Waals surface area contributed by atoms with Crippen molar-refractivity contribution in [2.45, 2.75) is 25.9 Å². The number of carbonyl (C=O) groups excluding carboxylic acids is 1. The number of rotatable bonds is 8. The number of amides is 1. The maximum absolute atomic E-state index is 13.0. The maximum atomic E-state index is 13.0. The summed E-state index contributed by atoms with van der Waals surface area (Å²) in [6.07, 6.45) is 1.86. The van der Waals surface area contributed by atoms with Crippen molar-refractivity contribution in [1.82, 2.24) is 19.9 Å². The molecule has 1 aliphatic rings. The van der Waals surface area contributed by atoms with Crippen LogP contribution in [0.15, 0.2) is 53.1 Å². The summed E-state index contributed by atoms with van der Waals surface area (Å²) in [6.45, 7) is 2.73. The fraction of sp³-hybridized carbons (Fsp3) is 0.400. The zero-order valence-corrected chi connectivity index (χ0v) is 19.4. The second-order valence-electron chi connectivity index (χ2n) is 8.34. The van der Waals surface area contributed by atoms with Gasteiger partial charge in [-0.25, -0.2) is 0 Å². The fourth-order valence-corrected chi connectivity index (χ4v) is 4.25. The molecule has 1 saturated heterocycles. The summed E-state index contributed by atoms with van der Waals surface area (Å²) in [7, 11) is 5.07. The molecule has 1 unspecified atom stereocenters. The van der Waals surface area contributed by atoms with Gasteiger partial charge in [0.25, 0.3) is 0 Å². The number of aromatic nitrogens is 2. The standard InChI is InChI=1S/C25H30N4O4/c1-28(15-18-8-5-4-6-9-18)25(30)20-10-7-13-29(16-20)17-23-26-24(27-33-23)19-11-12-21(31-2)22(14-19)32-3/h4-6,8-9,11-12,14,20H,7,10,13,15-17H2,1-3H3. The molecular weight excluding hydrogens is 420 g/mol. The van der Waals surface area contributed by atoms with E-state index in [9.17, 15) is 4.79 Å². The molecule has 0 radical (unpaired) electrons. The van der Waals surface area contributed by atoms with Crippen LogP contribution >= 0.6 is 0 Å². The first-order valence-corrected chi connectivity index (χ1v) is 11.1. The molecule has 0 bridgehead atoms. The monoisotopic (exact) mass is 450 g/mol. The number of piperidine rings is 1. The van der Waals surface area contributed by atoms with Crippen LogP contribution in [-0.2, 0) is 17.9 Å². The molecule has 0 saturated carbocycles. The molecule has 1 atom stereocenters. The molecule has 8 heteroatoms. The molecule has 2 aromatic carbocycles. The number of likely N-dealkylation sites (tertiary alicyclic amines) is 1. The van der Waals surface area contributed by atoms with E-state index in [1.165, 1.54) is 0 Å². The third-order valence-corrected chi connectivity index (χ3v) is 5.96. The lowest BCUT2D eigenvalue weighted by atomic mass is 9.96. The largest absolute Gasteiger partial charge is 0.493 e. The Morgan fingerprint density at radius 2 is 1.94 bits per heavy atom. The summed E-state index contributed by atoms with van der Waals surface area (Å²) in [6, 6.07) is 15.6. The van der Waals surface area contributed by atoms with Gasteiger partial charge in [-0.1, -0.05) is 35.5 Å². The molecule has 0 spiro atoms. The summed E-state index contributed by atoms with van der Waals surface area (Å²) in [5.41, 5.74) is 1.92. The molecule has 1 aromatic heterocycles. The first-order chi connectivity index (χ1) is 16.1. The smallest absolute Gasteiger partial charge is 0.241 e. The number of carbonyl (C=O) groups is 1. The van der Waals surface area contributed by atoms with Crippen molar-refractivity contribution >= 4 is 5.91 Å². The lowest BCUT2D eigenvalue weighted by Crippen LogP contribution is -2.43. The van der Waals surface area contributed by atoms with Crippen molar-refractivity contribution in [3.8, 4) is 22.9 Å². The number of ether oxygens (including phenoxy) is 2. The Hall–Kier alpha value is -3.39. The fourth-order valence-electron chi connectivity index (χ4n) is 4.25. The molecule has 0 aliphatic carbocycles. The van der Waals surface area contributed by atoms with Gasteiger partial charge in [0.05, 0.1) is 26.7 Å². The van der Waals surface area contributed by atoms with Gasteiger partial charge in [-0.3, -0.25) is 9.69 Å². The normalized spacial score (nSPS) is 16.4. The summed E-state index contributed by atoms with van der Waals surface area (Å²) in [5, 5.41) is 4.13. The summed E-state index contributed by atoms with van der Waals surface area (Å²) in [4.78, 5) is 21.6. The highest BCUT2D eigenvalue weighted by Crippen LogP contribution is 2.31. The van der Waals surface area contributed by atoms with Crippen LogP contribution in [0.5, 0.6) is 11.5 Å². The summed E-state index contributed by atoms with van der Waals surface area (Å²) >= 11 is 0.